The molecule has 0 spiro atoms. The van der Waals surface area contributed by atoms with Gasteiger partial charge in [-0.1, -0.05) is 13.8 Å². The summed E-state index contributed by atoms with van der Waals surface area (Å²) in [5, 5.41) is 8.50. The van der Waals surface area contributed by atoms with Crippen LogP contribution in [0.4, 0.5) is 0 Å². The molecule has 6 nitrogen and oxygen atoms in total. The smallest absolute Gasteiger partial charge is 0.237 e. The van der Waals surface area contributed by atoms with Gasteiger partial charge in [-0.15, -0.1) is 10.2 Å². The van der Waals surface area contributed by atoms with Crippen molar-refractivity contribution in [3.8, 4) is 0 Å². The first-order valence-corrected chi connectivity index (χ1v) is 7.46. The monoisotopic (exact) mass is 277 g/mol. The molecule has 1 amide bonds. The molecule has 0 bridgehead atoms. The van der Waals surface area contributed by atoms with Crippen molar-refractivity contribution in [3.05, 3.63) is 11.6 Å². The van der Waals surface area contributed by atoms with Crippen LogP contribution >= 0.6 is 0 Å². The molecule has 1 fully saturated rings. The van der Waals surface area contributed by atoms with Crippen molar-refractivity contribution in [1.82, 2.24) is 24.6 Å². The highest BCUT2D eigenvalue weighted by Gasteiger charge is 2.30. The van der Waals surface area contributed by atoms with Gasteiger partial charge in [0.25, 0.3) is 0 Å². The van der Waals surface area contributed by atoms with Crippen molar-refractivity contribution < 1.29 is 4.79 Å². The Morgan fingerprint density at radius 2 is 2.10 bits per heavy atom. The Hall–Kier alpha value is -1.43. The van der Waals surface area contributed by atoms with Gasteiger partial charge in [-0.3, -0.25) is 9.69 Å². The number of likely N-dealkylation sites (N-methyl/N-ethyl adjacent to an activating group) is 1. The fourth-order valence-corrected chi connectivity index (χ4v) is 2.78. The lowest BCUT2D eigenvalue weighted by Gasteiger charge is -2.29. The summed E-state index contributed by atoms with van der Waals surface area (Å²) in [7, 11) is 2.04. The van der Waals surface area contributed by atoms with Gasteiger partial charge < -0.3 is 9.47 Å². The lowest BCUT2D eigenvalue weighted by atomic mass is 10.2. The molecule has 2 aliphatic rings. The van der Waals surface area contributed by atoms with Crippen molar-refractivity contribution in [3.63, 3.8) is 0 Å². The Balaban J connectivity index is 1.64. The Morgan fingerprint density at radius 3 is 2.75 bits per heavy atom. The average molecular weight is 277 g/mol. The molecule has 3 rings (SSSR count). The molecule has 1 aromatic rings. The van der Waals surface area contributed by atoms with Crippen LogP contribution in [-0.2, 0) is 17.9 Å². The molecule has 1 aromatic heterocycles. The van der Waals surface area contributed by atoms with E-state index < -0.39 is 0 Å². The van der Waals surface area contributed by atoms with Gasteiger partial charge in [-0.05, 0) is 19.9 Å². The van der Waals surface area contributed by atoms with E-state index in [0.29, 0.717) is 25.0 Å². The summed E-state index contributed by atoms with van der Waals surface area (Å²) in [5.41, 5.74) is 0. The fourth-order valence-electron chi connectivity index (χ4n) is 2.78. The largest absolute Gasteiger partial charge is 0.332 e. The average Bonchev–Trinajstić information content (AvgIpc) is 3.17. The molecule has 110 valence electrons. The van der Waals surface area contributed by atoms with Crippen LogP contribution in [0.15, 0.2) is 0 Å². The van der Waals surface area contributed by atoms with Crippen molar-refractivity contribution >= 4 is 5.91 Å². The molecule has 1 saturated carbocycles. The number of fused-ring (bicyclic) bond motifs is 1. The maximum atomic E-state index is 12.3. The molecule has 0 atom stereocenters. The van der Waals surface area contributed by atoms with Crippen LogP contribution < -0.4 is 0 Å². The van der Waals surface area contributed by atoms with E-state index in [2.05, 4.69) is 33.5 Å². The summed E-state index contributed by atoms with van der Waals surface area (Å²) in [6.07, 6.45) is 2.46. The molecule has 6 heteroatoms. The Kier molecular flexibility index (Phi) is 3.50. The van der Waals surface area contributed by atoms with Crippen LogP contribution in [0.25, 0.3) is 0 Å². The van der Waals surface area contributed by atoms with Gasteiger partial charge in [0.1, 0.15) is 5.82 Å². The SMILES string of the molecule is CC(C)c1nnc2n1CCN(C(=O)CN(C)C1CC1)C2. The number of aromatic nitrogens is 3. The second kappa shape index (κ2) is 5.16. The van der Waals surface area contributed by atoms with Crippen molar-refractivity contribution in [2.45, 2.75) is 51.7 Å². The minimum atomic E-state index is 0.208. The van der Waals surface area contributed by atoms with Crippen LogP contribution in [0.1, 0.15) is 44.3 Å². The highest BCUT2D eigenvalue weighted by molar-refractivity contribution is 5.78. The second-order valence-electron chi connectivity index (χ2n) is 6.24. The van der Waals surface area contributed by atoms with E-state index in [0.717, 1.165) is 24.7 Å². The molecular formula is C14H23N5O. The molecule has 20 heavy (non-hydrogen) atoms. The summed E-state index contributed by atoms with van der Waals surface area (Å²) in [6.45, 7) is 6.95. The summed E-state index contributed by atoms with van der Waals surface area (Å²) >= 11 is 0. The van der Waals surface area contributed by atoms with Gasteiger partial charge in [-0.25, -0.2) is 0 Å². The van der Waals surface area contributed by atoms with Gasteiger partial charge in [0.05, 0.1) is 13.1 Å². The third-order valence-electron chi connectivity index (χ3n) is 4.21. The molecule has 0 aromatic carbocycles. The summed E-state index contributed by atoms with van der Waals surface area (Å²) in [6, 6.07) is 0.625. The quantitative estimate of drug-likeness (QED) is 0.818. The standard InChI is InChI=1S/C14H23N5O/c1-10(2)14-16-15-12-8-18(6-7-19(12)14)13(20)9-17(3)11-4-5-11/h10-11H,4-9H2,1-3H3. The van der Waals surface area contributed by atoms with E-state index in [1.165, 1.54) is 12.8 Å². The zero-order valence-electron chi connectivity index (χ0n) is 12.5. The third kappa shape index (κ3) is 2.57. The minimum Gasteiger partial charge on any atom is -0.332 e. The Morgan fingerprint density at radius 1 is 1.35 bits per heavy atom. The predicted octanol–water partition coefficient (Wildman–Crippen LogP) is 0.838. The van der Waals surface area contributed by atoms with Crippen molar-refractivity contribution in [2.75, 3.05) is 20.1 Å². The van der Waals surface area contributed by atoms with E-state index in [1.54, 1.807) is 0 Å². The summed E-state index contributed by atoms with van der Waals surface area (Å²) < 4.78 is 2.17. The lowest BCUT2D eigenvalue weighted by molar-refractivity contribution is -0.133. The van der Waals surface area contributed by atoms with E-state index in [9.17, 15) is 4.79 Å². The Bertz CT molecular complexity index is 506. The predicted molar refractivity (Wildman–Crippen MR) is 75.2 cm³/mol. The number of carbonyl (C=O) groups excluding carboxylic acids is 1. The second-order valence-corrected chi connectivity index (χ2v) is 6.24. The fraction of sp³-hybridized carbons (Fsp3) is 0.786. The first-order chi connectivity index (χ1) is 9.56. The van der Waals surface area contributed by atoms with E-state index in [4.69, 9.17) is 0 Å². The summed E-state index contributed by atoms with van der Waals surface area (Å²) in [4.78, 5) is 16.4. The molecule has 0 unspecified atom stereocenters. The molecule has 1 aliphatic carbocycles. The van der Waals surface area contributed by atoms with E-state index in [-0.39, 0.29) is 5.91 Å². The number of rotatable bonds is 4. The summed E-state index contributed by atoms with van der Waals surface area (Å²) in [5.74, 6) is 2.53. The van der Waals surface area contributed by atoms with Crippen LogP contribution in [0, 0.1) is 0 Å². The maximum absolute atomic E-state index is 12.3. The first kappa shape index (κ1) is 13.5. The highest BCUT2D eigenvalue weighted by Crippen LogP contribution is 2.25. The lowest BCUT2D eigenvalue weighted by Crippen LogP contribution is -2.43. The van der Waals surface area contributed by atoms with Crippen molar-refractivity contribution in [1.29, 1.82) is 0 Å². The van der Waals surface area contributed by atoms with E-state index in [1.807, 2.05) is 11.9 Å². The maximum Gasteiger partial charge on any atom is 0.237 e. The van der Waals surface area contributed by atoms with E-state index >= 15 is 0 Å². The number of hydrogen-bond acceptors (Lipinski definition) is 4. The van der Waals surface area contributed by atoms with Gasteiger partial charge in [-0.2, -0.15) is 0 Å². The molecule has 0 radical (unpaired) electrons. The van der Waals surface area contributed by atoms with Crippen molar-refractivity contribution in [2.24, 2.45) is 0 Å². The van der Waals surface area contributed by atoms with Crippen LogP contribution in [-0.4, -0.2) is 56.7 Å². The first-order valence-electron chi connectivity index (χ1n) is 7.46. The minimum absolute atomic E-state index is 0.208. The molecular weight excluding hydrogens is 254 g/mol. The zero-order valence-corrected chi connectivity index (χ0v) is 12.5. The normalized spacial score (nSPS) is 18.8. The molecule has 0 saturated heterocycles. The number of hydrogen-bond donors (Lipinski definition) is 0. The van der Waals surface area contributed by atoms with Gasteiger partial charge in [0, 0.05) is 25.0 Å². The topological polar surface area (TPSA) is 54.3 Å². The zero-order chi connectivity index (χ0) is 14.3. The van der Waals surface area contributed by atoms with Crippen LogP contribution in [0.3, 0.4) is 0 Å². The molecule has 2 heterocycles. The molecule has 0 N–H and O–H groups in total. The third-order valence-corrected chi connectivity index (χ3v) is 4.21. The Labute approximate surface area is 119 Å². The van der Waals surface area contributed by atoms with Gasteiger partial charge in [0.2, 0.25) is 5.91 Å². The van der Waals surface area contributed by atoms with Crippen LogP contribution in [0.5, 0.6) is 0 Å². The van der Waals surface area contributed by atoms with Gasteiger partial charge >= 0.3 is 0 Å². The van der Waals surface area contributed by atoms with Gasteiger partial charge in [0.15, 0.2) is 5.82 Å². The number of amides is 1. The number of nitrogens with zero attached hydrogens (tertiary/aromatic N) is 5. The highest BCUT2D eigenvalue weighted by atomic mass is 16.2. The van der Waals surface area contributed by atoms with Crippen LogP contribution in [0.2, 0.25) is 0 Å². The molecule has 1 aliphatic heterocycles. The number of carbonyl (C=O) groups is 1.